The van der Waals surface area contributed by atoms with Crippen molar-refractivity contribution in [2.75, 3.05) is 0 Å². The van der Waals surface area contributed by atoms with Gasteiger partial charge in [-0.3, -0.25) is 10.1 Å². The Morgan fingerprint density at radius 2 is 2.21 bits per heavy atom. The number of aryl methyl sites for hydroxylation is 1. The Bertz CT molecular complexity index is 494. The van der Waals surface area contributed by atoms with Crippen LogP contribution in [-0.2, 0) is 0 Å². The lowest BCUT2D eigenvalue weighted by atomic mass is 10.0. The van der Waals surface area contributed by atoms with E-state index in [1.54, 1.807) is 19.1 Å². The van der Waals surface area contributed by atoms with Crippen molar-refractivity contribution in [3.05, 3.63) is 39.4 Å². The number of nitriles is 1. The van der Waals surface area contributed by atoms with Gasteiger partial charge in [0.05, 0.1) is 17.4 Å². The van der Waals surface area contributed by atoms with Crippen molar-refractivity contribution in [1.29, 1.82) is 5.26 Å². The van der Waals surface area contributed by atoms with E-state index < -0.39 is 0 Å². The molecule has 0 fully saturated rings. The molecule has 1 aromatic rings. The summed E-state index contributed by atoms with van der Waals surface area (Å²) in [6, 6.07) is 7.49. The second kappa shape index (κ2) is 6.86. The van der Waals surface area contributed by atoms with E-state index in [9.17, 15) is 10.1 Å². The number of nitrogens with zero attached hydrogens (tertiary/aromatic N) is 2. The largest absolute Gasteiger partial charge is 0.306 e. The van der Waals surface area contributed by atoms with Gasteiger partial charge in [0.25, 0.3) is 5.69 Å². The van der Waals surface area contributed by atoms with Crippen molar-refractivity contribution in [2.24, 2.45) is 0 Å². The molecule has 0 spiro atoms. The normalized spacial score (nSPS) is 13.6. The second-order valence-electron chi connectivity index (χ2n) is 4.66. The fourth-order valence-electron chi connectivity index (χ4n) is 1.97. The third kappa shape index (κ3) is 4.04. The predicted molar refractivity (Wildman–Crippen MR) is 73.7 cm³/mol. The molecule has 1 rings (SSSR count). The van der Waals surface area contributed by atoms with Crippen LogP contribution in [0.25, 0.3) is 0 Å². The summed E-state index contributed by atoms with van der Waals surface area (Å²) in [5.41, 5.74) is 1.66. The van der Waals surface area contributed by atoms with Crippen LogP contribution in [0.2, 0.25) is 0 Å². The maximum Gasteiger partial charge on any atom is 0.272 e. The lowest BCUT2D eigenvalue weighted by molar-refractivity contribution is -0.385. The summed E-state index contributed by atoms with van der Waals surface area (Å²) in [7, 11) is 0. The van der Waals surface area contributed by atoms with Crippen molar-refractivity contribution < 1.29 is 4.92 Å². The zero-order valence-electron chi connectivity index (χ0n) is 11.5. The SMILES string of the molecule is CCC(CC#N)NC(C)c1ccc(C)c([N+](=O)[O-])c1. The molecule has 5 heteroatoms. The van der Waals surface area contributed by atoms with Crippen molar-refractivity contribution >= 4 is 5.69 Å². The topological polar surface area (TPSA) is 79.0 Å². The molecule has 2 atom stereocenters. The summed E-state index contributed by atoms with van der Waals surface area (Å²) in [6.07, 6.45) is 1.29. The Morgan fingerprint density at radius 1 is 1.53 bits per heavy atom. The summed E-state index contributed by atoms with van der Waals surface area (Å²) in [5.74, 6) is 0. The molecule has 0 aliphatic heterocycles. The molecule has 0 aliphatic rings. The molecule has 1 N–H and O–H groups in total. The molecular weight excluding hydrogens is 242 g/mol. The van der Waals surface area contributed by atoms with Crippen LogP contribution in [0.3, 0.4) is 0 Å². The molecule has 2 unspecified atom stereocenters. The monoisotopic (exact) mass is 261 g/mol. The van der Waals surface area contributed by atoms with Gasteiger partial charge in [-0.05, 0) is 25.8 Å². The maximum atomic E-state index is 10.9. The fraction of sp³-hybridized carbons (Fsp3) is 0.500. The molecule has 0 saturated carbocycles. The molecule has 102 valence electrons. The Hall–Kier alpha value is -1.93. The third-order valence-electron chi connectivity index (χ3n) is 3.25. The summed E-state index contributed by atoms with van der Waals surface area (Å²) < 4.78 is 0. The van der Waals surface area contributed by atoms with Gasteiger partial charge in [0, 0.05) is 23.7 Å². The number of hydrogen-bond acceptors (Lipinski definition) is 4. The average molecular weight is 261 g/mol. The zero-order chi connectivity index (χ0) is 14.4. The highest BCUT2D eigenvalue weighted by atomic mass is 16.6. The van der Waals surface area contributed by atoms with Gasteiger partial charge in [-0.2, -0.15) is 5.26 Å². The molecule has 0 aromatic heterocycles. The van der Waals surface area contributed by atoms with Gasteiger partial charge in [0.15, 0.2) is 0 Å². The first-order chi connectivity index (χ1) is 8.99. The smallest absolute Gasteiger partial charge is 0.272 e. The highest BCUT2D eigenvalue weighted by molar-refractivity contribution is 5.43. The molecule has 5 nitrogen and oxygen atoms in total. The second-order valence-corrected chi connectivity index (χ2v) is 4.66. The molecule has 0 aliphatic carbocycles. The minimum absolute atomic E-state index is 0.0161. The highest BCUT2D eigenvalue weighted by Crippen LogP contribution is 2.23. The minimum atomic E-state index is -0.363. The fourth-order valence-corrected chi connectivity index (χ4v) is 1.97. The Balaban J connectivity index is 2.88. The predicted octanol–water partition coefficient (Wildman–Crippen LogP) is 3.25. The molecule has 0 heterocycles. The van der Waals surface area contributed by atoms with Crippen molar-refractivity contribution in [3.63, 3.8) is 0 Å². The number of nitrogens with one attached hydrogen (secondary N) is 1. The molecule has 0 saturated heterocycles. The van der Waals surface area contributed by atoms with Gasteiger partial charge in [-0.15, -0.1) is 0 Å². The van der Waals surface area contributed by atoms with E-state index in [1.807, 2.05) is 19.9 Å². The lowest BCUT2D eigenvalue weighted by Gasteiger charge is -2.20. The van der Waals surface area contributed by atoms with Crippen LogP contribution in [0.4, 0.5) is 5.69 Å². The zero-order valence-corrected chi connectivity index (χ0v) is 11.5. The van der Waals surface area contributed by atoms with Crippen LogP contribution in [-0.4, -0.2) is 11.0 Å². The first-order valence-corrected chi connectivity index (χ1v) is 6.37. The number of nitro groups is 1. The van der Waals surface area contributed by atoms with Crippen LogP contribution in [0, 0.1) is 28.4 Å². The Labute approximate surface area is 113 Å². The van der Waals surface area contributed by atoms with Crippen LogP contribution < -0.4 is 5.32 Å². The van der Waals surface area contributed by atoms with E-state index in [2.05, 4.69) is 11.4 Å². The van der Waals surface area contributed by atoms with Crippen molar-refractivity contribution in [1.82, 2.24) is 5.32 Å². The van der Waals surface area contributed by atoms with Gasteiger partial charge in [0.2, 0.25) is 0 Å². The number of nitro benzene ring substituents is 1. The number of hydrogen-bond donors (Lipinski definition) is 1. The van der Waals surface area contributed by atoms with Gasteiger partial charge >= 0.3 is 0 Å². The lowest BCUT2D eigenvalue weighted by Crippen LogP contribution is -2.30. The van der Waals surface area contributed by atoms with Crippen LogP contribution in [0.5, 0.6) is 0 Å². The van der Waals surface area contributed by atoms with E-state index in [0.717, 1.165) is 12.0 Å². The van der Waals surface area contributed by atoms with Crippen molar-refractivity contribution in [3.8, 4) is 6.07 Å². The Morgan fingerprint density at radius 3 is 2.74 bits per heavy atom. The van der Waals surface area contributed by atoms with Crippen LogP contribution in [0.15, 0.2) is 18.2 Å². The summed E-state index contributed by atoms with van der Waals surface area (Å²) >= 11 is 0. The quantitative estimate of drug-likeness (QED) is 0.629. The molecule has 0 radical (unpaired) electrons. The van der Waals surface area contributed by atoms with Crippen LogP contribution >= 0.6 is 0 Å². The molecular formula is C14H19N3O2. The first kappa shape index (κ1) is 15.1. The minimum Gasteiger partial charge on any atom is -0.306 e. The van der Waals surface area contributed by atoms with Gasteiger partial charge < -0.3 is 5.32 Å². The summed E-state index contributed by atoms with van der Waals surface area (Å²) in [5, 5.41) is 23.0. The third-order valence-corrected chi connectivity index (χ3v) is 3.25. The van der Waals surface area contributed by atoms with E-state index in [4.69, 9.17) is 5.26 Å². The van der Waals surface area contributed by atoms with E-state index in [0.29, 0.717) is 12.0 Å². The average Bonchev–Trinajstić information content (AvgIpc) is 2.38. The number of benzene rings is 1. The maximum absolute atomic E-state index is 10.9. The number of rotatable bonds is 6. The van der Waals surface area contributed by atoms with E-state index >= 15 is 0 Å². The van der Waals surface area contributed by atoms with Gasteiger partial charge in [-0.25, -0.2) is 0 Å². The standard InChI is InChI=1S/C14H19N3O2/c1-4-13(7-8-15)16-11(3)12-6-5-10(2)14(9-12)17(18)19/h5-6,9,11,13,16H,4,7H2,1-3H3. The Kier molecular flexibility index (Phi) is 5.46. The van der Waals surface area contributed by atoms with Crippen molar-refractivity contribution in [2.45, 2.75) is 45.7 Å². The molecule has 1 aromatic carbocycles. The summed E-state index contributed by atoms with van der Waals surface area (Å²) in [4.78, 5) is 10.6. The van der Waals surface area contributed by atoms with Gasteiger partial charge in [0.1, 0.15) is 0 Å². The van der Waals surface area contributed by atoms with Gasteiger partial charge in [-0.1, -0.05) is 19.1 Å². The molecule has 0 amide bonds. The van der Waals surface area contributed by atoms with E-state index in [-0.39, 0.29) is 22.7 Å². The van der Waals surface area contributed by atoms with E-state index in [1.165, 1.54) is 0 Å². The van der Waals surface area contributed by atoms with Crippen LogP contribution in [0.1, 0.15) is 43.9 Å². The first-order valence-electron chi connectivity index (χ1n) is 6.37. The highest BCUT2D eigenvalue weighted by Gasteiger charge is 2.16. The summed E-state index contributed by atoms with van der Waals surface area (Å²) in [6.45, 7) is 5.69. The molecule has 0 bridgehead atoms. The molecule has 19 heavy (non-hydrogen) atoms.